The number of nitrogens with two attached hydrogens (primary N) is 1. The summed E-state index contributed by atoms with van der Waals surface area (Å²) in [5.74, 6) is -0.432. The second-order valence-electron chi connectivity index (χ2n) is 3.35. The first-order valence-corrected chi connectivity index (χ1v) is 4.57. The normalized spacial score (nSPS) is 10.2. The molecule has 0 saturated carbocycles. The highest BCUT2D eigenvalue weighted by Gasteiger charge is 2.09. The van der Waals surface area contributed by atoms with Crippen LogP contribution in [0.2, 0.25) is 0 Å². The fourth-order valence-corrected chi connectivity index (χ4v) is 1.47. The van der Waals surface area contributed by atoms with Crippen LogP contribution in [-0.2, 0) is 0 Å². The molecule has 2 rings (SSSR count). The monoisotopic (exact) mass is 201 g/mol. The molecule has 76 valence electrons. The fraction of sp³-hybridized carbons (Fsp3) is 0.0909. The summed E-state index contributed by atoms with van der Waals surface area (Å²) < 4.78 is 1.77. The third-order valence-electron chi connectivity index (χ3n) is 2.20. The van der Waals surface area contributed by atoms with Crippen LogP contribution < -0.4 is 5.73 Å². The Hall–Kier alpha value is -2.10. The number of carbonyl (C=O) groups excluding carboxylic acids is 1. The molecule has 0 unspecified atom stereocenters. The van der Waals surface area contributed by atoms with Crippen LogP contribution in [-0.4, -0.2) is 15.5 Å². The van der Waals surface area contributed by atoms with Gasteiger partial charge >= 0.3 is 0 Å². The molecule has 0 saturated heterocycles. The van der Waals surface area contributed by atoms with E-state index in [1.807, 2.05) is 19.1 Å². The lowest BCUT2D eigenvalue weighted by Gasteiger charge is -2.08. The molecule has 0 atom stereocenters. The van der Waals surface area contributed by atoms with E-state index in [-0.39, 0.29) is 0 Å². The lowest BCUT2D eigenvalue weighted by atomic mass is 10.1. The third kappa shape index (κ3) is 1.74. The van der Waals surface area contributed by atoms with Crippen molar-refractivity contribution in [1.82, 2.24) is 9.55 Å². The van der Waals surface area contributed by atoms with Crippen LogP contribution in [0.5, 0.6) is 0 Å². The molecule has 0 bridgehead atoms. The third-order valence-corrected chi connectivity index (χ3v) is 2.20. The van der Waals surface area contributed by atoms with Gasteiger partial charge in [0.05, 0.1) is 17.6 Å². The SMILES string of the molecule is Cc1ccc(C(N)=O)c(-n2ccnc2)c1. The summed E-state index contributed by atoms with van der Waals surface area (Å²) in [5, 5.41) is 0. The van der Waals surface area contributed by atoms with Gasteiger partial charge in [0.2, 0.25) is 0 Å². The first kappa shape index (κ1) is 9.45. The number of hydrogen-bond donors (Lipinski definition) is 1. The lowest BCUT2D eigenvalue weighted by Crippen LogP contribution is -2.14. The van der Waals surface area contributed by atoms with Crippen LogP contribution in [0.3, 0.4) is 0 Å². The second kappa shape index (κ2) is 3.57. The van der Waals surface area contributed by atoms with Crippen molar-refractivity contribution in [3.05, 3.63) is 48.0 Å². The van der Waals surface area contributed by atoms with Gasteiger partial charge in [-0.15, -0.1) is 0 Å². The molecule has 15 heavy (non-hydrogen) atoms. The van der Waals surface area contributed by atoms with Crippen molar-refractivity contribution in [2.75, 3.05) is 0 Å². The number of carbonyl (C=O) groups is 1. The first-order chi connectivity index (χ1) is 7.18. The first-order valence-electron chi connectivity index (χ1n) is 4.57. The maximum Gasteiger partial charge on any atom is 0.250 e. The van der Waals surface area contributed by atoms with Gasteiger partial charge < -0.3 is 10.3 Å². The zero-order valence-electron chi connectivity index (χ0n) is 8.34. The highest BCUT2D eigenvalue weighted by Crippen LogP contribution is 2.15. The molecule has 4 heteroatoms. The van der Waals surface area contributed by atoms with Gasteiger partial charge in [-0.3, -0.25) is 4.79 Å². The Balaban J connectivity index is 2.63. The number of nitrogens with zero attached hydrogens (tertiary/aromatic N) is 2. The number of aryl methyl sites for hydroxylation is 1. The number of imidazole rings is 1. The Bertz CT molecular complexity index is 489. The van der Waals surface area contributed by atoms with Gasteiger partial charge in [-0.05, 0) is 24.6 Å². The highest BCUT2D eigenvalue weighted by atomic mass is 16.1. The molecule has 0 radical (unpaired) electrons. The molecule has 0 spiro atoms. The van der Waals surface area contributed by atoms with E-state index in [1.165, 1.54) is 0 Å². The predicted octanol–water partition coefficient (Wildman–Crippen LogP) is 1.28. The Labute approximate surface area is 87.4 Å². The summed E-state index contributed by atoms with van der Waals surface area (Å²) in [4.78, 5) is 15.2. The highest BCUT2D eigenvalue weighted by molar-refractivity contribution is 5.96. The van der Waals surface area contributed by atoms with Gasteiger partial charge in [0.25, 0.3) is 5.91 Å². The molecule has 2 aromatic rings. The number of primary amides is 1. The number of rotatable bonds is 2. The molecule has 1 amide bonds. The van der Waals surface area contributed by atoms with Crippen LogP contribution in [0.25, 0.3) is 5.69 Å². The van der Waals surface area contributed by atoms with E-state index >= 15 is 0 Å². The van der Waals surface area contributed by atoms with E-state index in [0.717, 1.165) is 11.3 Å². The summed E-state index contributed by atoms with van der Waals surface area (Å²) in [6.07, 6.45) is 5.08. The van der Waals surface area contributed by atoms with Crippen molar-refractivity contribution >= 4 is 5.91 Å². The second-order valence-corrected chi connectivity index (χ2v) is 3.35. The van der Waals surface area contributed by atoms with E-state index < -0.39 is 5.91 Å². The summed E-state index contributed by atoms with van der Waals surface area (Å²) in [5.41, 5.74) is 7.63. The van der Waals surface area contributed by atoms with Crippen molar-refractivity contribution < 1.29 is 4.79 Å². The van der Waals surface area contributed by atoms with Gasteiger partial charge in [-0.2, -0.15) is 0 Å². The Morgan fingerprint density at radius 2 is 2.27 bits per heavy atom. The largest absolute Gasteiger partial charge is 0.366 e. The molecule has 2 N–H and O–H groups in total. The number of amides is 1. The average molecular weight is 201 g/mol. The topological polar surface area (TPSA) is 60.9 Å². The molecule has 0 aliphatic carbocycles. The molecule has 1 aromatic heterocycles. The minimum Gasteiger partial charge on any atom is -0.366 e. The standard InChI is InChI=1S/C11H11N3O/c1-8-2-3-9(11(12)15)10(6-8)14-5-4-13-7-14/h2-7H,1H3,(H2,12,15). The fourth-order valence-electron chi connectivity index (χ4n) is 1.47. The van der Waals surface area contributed by atoms with E-state index in [4.69, 9.17) is 5.73 Å². The van der Waals surface area contributed by atoms with Crippen molar-refractivity contribution in [3.8, 4) is 5.69 Å². The van der Waals surface area contributed by atoms with E-state index in [1.54, 1.807) is 29.4 Å². The van der Waals surface area contributed by atoms with Crippen molar-refractivity contribution in [3.63, 3.8) is 0 Å². The molecule has 4 nitrogen and oxygen atoms in total. The van der Waals surface area contributed by atoms with Crippen LogP contribution in [0, 0.1) is 6.92 Å². The molecule has 1 heterocycles. The van der Waals surface area contributed by atoms with Gasteiger partial charge in [0, 0.05) is 12.4 Å². The Morgan fingerprint density at radius 1 is 1.47 bits per heavy atom. The predicted molar refractivity (Wildman–Crippen MR) is 56.8 cm³/mol. The summed E-state index contributed by atoms with van der Waals surface area (Å²) in [7, 11) is 0. The zero-order chi connectivity index (χ0) is 10.8. The van der Waals surface area contributed by atoms with E-state index in [2.05, 4.69) is 4.98 Å². The number of aromatic nitrogens is 2. The summed E-state index contributed by atoms with van der Waals surface area (Å²) in [6.45, 7) is 1.96. The summed E-state index contributed by atoms with van der Waals surface area (Å²) in [6, 6.07) is 5.50. The Morgan fingerprint density at radius 3 is 2.87 bits per heavy atom. The molecule has 1 aromatic carbocycles. The smallest absolute Gasteiger partial charge is 0.250 e. The van der Waals surface area contributed by atoms with E-state index in [0.29, 0.717) is 5.56 Å². The van der Waals surface area contributed by atoms with Gasteiger partial charge in [0.1, 0.15) is 0 Å². The quantitative estimate of drug-likeness (QED) is 0.795. The van der Waals surface area contributed by atoms with Crippen LogP contribution >= 0.6 is 0 Å². The van der Waals surface area contributed by atoms with Gasteiger partial charge in [0.15, 0.2) is 0 Å². The average Bonchev–Trinajstić information content (AvgIpc) is 2.69. The molecule has 0 aliphatic rings. The molecular formula is C11H11N3O. The number of hydrogen-bond acceptors (Lipinski definition) is 2. The van der Waals surface area contributed by atoms with Gasteiger partial charge in [-0.25, -0.2) is 4.98 Å². The minimum atomic E-state index is -0.432. The molecule has 0 fully saturated rings. The van der Waals surface area contributed by atoms with Crippen molar-refractivity contribution in [2.24, 2.45) is 5.73 Å². The zero-order valence-corrected chi connectivity index (χ0v) is 8.34. The van der Waals surface area contributed by atoms with Crippen molar-refractivity contribution in [1.29, 1.82) is 0 Å². The van der Waals surface area contributed by atoms with Crippen LogP contribution in [0.1, 0.15) is 15.9 Å². The minimum absolute atomic E-state index is 0.432. The van der Waals surface area contributed by atoms with Crippen molar-refractivity contribution in [2.45, 2.75) is 6.92 Å². The van der Waals surface area contributed by atoms with Crippen LogP contribution in [0.15, 0.2) is 36.9 Å². The maximum absolute atomic E-state index is 11.2. The Kier molecular flexibility index (Phi) is 2.25. The summed E-state index contributed by atoms with van der Waals surface area (Å²) >= 11 is 0. The lowest BCUT2D eigenvalue weighted by molar-refractivity contribution is 0.100. The number of benzene rings is 1. The maximum atomic E-state index is 11.2. The van der Waals surface area contributed by atoms with Crippen LogP contribution in [0.4, 0.5) is 0 Å². The molecule has 0 aliphatic heterocycles. The molecular weight excluding hydrogens is 190 g/mol. The van der Waals surface area contributed by atoms with E-state index in [9.17, 15) is 4.79 Å². The van der Waals surface area contributed by atoms with Gasteiger partial charge in [-0.1, -0.05) is 6.07 Å².